The van der Waals surface area contributed by atoms with Crippen LogP contribution in [-0.4, -0.2) is 24.5 Å². The van der Waals surface area contributed by atoms with Crippen LogP contribution in [0.5, 0.6) is 0 Å². The predicted octanol–water partition coefficient (Wildman–Crippen LogP) is 4.28. The molecule has 0 radical (unpaired) electrons. The van der Waals surface area contributed by atoms with Gasteiger partial charge in [-0.25, -0.2) is 0 Å². The van der Waals surface area contributed by atoms with Gasteiger partial charge < -0.3 is 9.84 Å². The number of hydrogen-bond donors (Lipinski definition) is 1. The standard InChI is InChI=1S/C12H10BrF3O2S/c13-9-3-1-2-7-8(5-19-11(7)9)10(17)4-18-6-12(14,15)16/h1-3,5,10,17H,4,6H2. The predicted molar refractivity (Wildman–Crippen MR) is 71.4 cm³/mol. The van der Waals surface area contributed by atoms with Crippen molar-refractivity contribution in [2.24, 2.45) is 0 Å². The molecule has 1 aromatic carbocycles. The minimum absolute atomic E-state index is 0.377. The molecule has 19 heavy (non-hydrogen) atoms. The first-order valence-corrected chi connectivity index (χ1v) is 7.04. The minimum Gasteiger partial charge on any atom is -0.386 e. The number of aliphatic hydroxyl groups is 1. The van der Waals surface area contributed by atoms with Crippen LogP contribution in [0.3, 0.4) is 0 Å². The molecule has 0 aliphatic heterocycles. The molecular weight excluding hydrogens is 345 g/mol. The zero-order valence-electron chi connectivity index (χ0n) is 9.58. The van der Waals surface area contributed by atoms with Gasteiger partial charge in [-0.05, 0) is 32.8 Å². The summed E-state index contributed by atoms with van der Waals surface area (Å²) in [6.07, 6.45) is -5.44. The molecule has 0 saturated carbocycles. The molecule has 2 nitrogen and oxygen atoms in total. The summed E-state index contributed by atoms with van der Waals surface area (Å²) in [5.74, 6) is 0. The van der Waals surface area contributed by atoms with Crippen LogP contribution < -0.4 is 0 Å². The Hall–Kier alpha value is -0.630. The fourth-order valence-electron chi connectivity index (χ4n) is 1.68. The van der Waals surface area contributed by atoms with Crippen molar-refractivity contribution in [2.75, 3.05) is 13.2 Å². The number of hydrogen-bond acceptors (Lipinski definition) is 3. The van der Waals surface area contributed by atoms with Crippen molar-refractivity contribution >= 4 is 37.4 Å². The Morgan fingerprint density at radius 3 is 2.79 bits per heavy atom. The van der Waals surface area contributed by atoms with Crippen LogP contribution >= 0.6 is 27.3 Å². The SMILES string of the molecule is OC(COCC(F)(F)F)c1csc2c(Br)cccc12. The van der Waals surface area contributed by atoms with Gasteiger partial charge in [-0.2, -0.15) is 13.2 Å². The first-order valence-electron chi connectivity index (χ1n) is 5.36. The first kappa shape index (κ1) is 14.8. The molecule has 1 unspecified atom stereocenters. The summed E-state index contributed by atoms with van der Waals surface area (Å²) < 4.78 is 42.2. The van der Waals surface area contributed by atoms with E-state index in [0.717, 1.165) is 14.6 Å². The maximum Gasteiger partial charge on any atom is 0.411 e. The molecule has 7 heteroatoms. The van der Waals surface area contributed by atoms with Crippen molar-refractivity contribution in [2.45, 2.75) is 12.3 Å². The number of thiophene rings is 1. The van der Waals surface area contributed by atoms with E-state index < -0.39 is 18.9 Å². The van der Waals surface area contributed by atoms with Crippen molar-refractivity contribution in [3.05, 3.63) is 33.6 Å². The molecule has 2 rings (SSSR count). The number of alkyl halides is 3. The Labute approximate surface area is 119 Å². The monoisotopic (exact) mass is 354 g/mol. The molecule has 1 atom stereocenters. The molecule has 0 fully saturated rings. The molecule has 0 spiro atoms. The summed E-state index contributed by atoms with van der Waals surface area (Å²) in [4.78, 5) is 0. The highest BCUT2D eigenvalue weighted by Gasteiger charge is 2.28. The molecule has 1 aromatic heterocycles. The second-order valence-corrected chi connectivity index (χ2v) is 5.69. The van der Waals surface area contributed by atoms with Crippen LogP contribution in [0, 0.1) is 0 Å². The van der Waals surface area contributed by atoms with Crippen molar-refractivity contribution in [3.8, 4) is 0 Å². The van der Waals surface area contributed by atoms with Gasteiger partial charge in [0.1, 0.15) is 12.7 Å². The Kier molecular flexibility index (Phi) is 4.50. The molecular formula is C12H10BrF3O2S. The summed E-state index contributed by atoms with van der Waals surface area (Å²) in [6.45, 7) is -1.73. The molecule has 1 heterocycles. The molecule has 0 amide bonds. The number of aliphatic hydroxyl groups excluding tert-OH is 1. The van der Waals surface area contributed by atoms with Crippen molar-refractivity contribution in [1.29, 1.82) is 0 Å². The molecule has 0 aliphatic rings. The fourth-order valence-corrected chi connectivity index (χ4v) is 3.34. The van der Waals surface area contributed by atoms with Crippen LogP contribution in [-0.2, 0) is 4.74 Å². The maximum atomic E-state index is 11.9. The lowest BCUT2D eigenvalue weighted by Gasteiger charge is -2.12. The van der Waals surface area contributed by atoms with E-state index >= 15 is 0 Å². The van der Waals surface area contributed by atoms with E-state index in [2.05, 4.69) is 20.7 Å². The third-order valence-corrected chi connectivity index (χ3v) is 4.45. The second-order valence-electron chi connectivity index (χ2n) is 3.95. The fraction of sp³-hybridized carbons (Fsp3) is 0.333. The Morgan fingerprint density at radius 1 is 1.37 bits per heavy atom. The van der Waals surface area contributed by atoms with Gasteiger partial charge in [-0.15, -0.1) is 11.3 Å². The lowest BCUT2D eigenvalue weighted by atomic mass is 10.1. The van der Waals surface area contributed by atoms with Crippen LogP contribution in [0.4, 0.5) is 13.2 Å². The third kappa shape index (κ3) is 3.68. The molecule has 0 aliphatic carbocycles. The highest BCUT2D eigenvalue weighted by Crippen LogP contribution is 2.35. The van der Waals surface area contributed by atoms with Gasteiger partial charge in [0.2, 0.25) is 0 Å². The average Bonchev–Trinajstić information content (AvgIpc) is 2.72. The van der Waals surface area contributed by atoms with Crippen molar-refractivity contribution in [1.82, 2.24) is 0 Å². The lowest BCUT2D eigenvalue weighted by molar-refractivity contribution is -0.179. The van der Waals surface area contributed by atoms with E-state index in [9.17, 15) is 18.3 Å². The molecule has 104 valence electrons. The van der Waals surface area contributed by atoms with Gasteiger partial charge in [0, 0.05) is 14.7 Å². The summed E-state index contributed by atoms with van der Waals surface area (Å²) in [5.41, 5.74) is 0.587. The largest absolute Gasteiger partial charge is 0.411 e. The number of fused-ring (bicyclic) bond motifs is 1. The molecule has 0 bridgehead atoms. The Morgan fingerprint density at radius 2 is 2.11 bits per heavy atom. The quantitative estimate of drug-likeness (QED) is 0.887. The van der Waals surface area contributed by atoms with Crippen molar-refractivity contribution < 1.29 is 23.0 Å². The Balaban J connectivity index is 2.09. The summed E-state index contributed by atoms with van der Waals surface area (Å²) in [7, 11) is 0. The maximum absolute atomic E-state index is 11.9. The van der Waals surface area contributed by atoms with Gasteiger partial charge in [0.15, 0.2) is 0 Å². The third-order valence-electron chi connectivity index (χ3n) is 2.48. The van der Waals surface area contributed by atoms with E-state index in [1.165, 1.54) is 11.3 Å². The smallest absolute Gasteiger partial charge is 0.386 e. The highest BCUT2D eigenvalue weighted by atomic mass is 79.9. The lowest BCUT2D eigenvalue weighted by Crippen LogP contribution is -2.19. The van der Waals surface area contributed by atoms with E-state index in [-0.39, 0.29) is 6.61 Å². The van der Waals surface area contributed by atoms with Crippen molar-refractivity contribution in [3.63, 3.8) is 0 Å². The zero-order valence-corrected chi connectivity index (χ0v) is 12.0. The van der Waals surface area contributed by atoms with E-state index in [1.54, 1.807) is 5.38 Å². The van der Waals surface area contributed by atoms with E-state index in [0.29, 0.717) is 5.56 Å². The van der Waals surface area contributed by atoms with Gasteiger partial charge in [-0.3, -0.25) is 0 Å². The number of ether oxygens (including phenoxy) is 1. The topological polar surface area (TPSA) is 29.5 Å². The Bertz CT molecular complexity index is 568. The number of rotatable bonds is 4. The van der Waals surface area contributed by atoms with Crippen LogP contribution in [0.1, 0.15) is 11.7 Å². The van der Waals surface area contributed by atoms with Crippen LogP contribution in [0.15, 0.2) is 28.1 Å². The van der Waals surface area contributed by atoms with Gasteiger partial charge >= 0.3 is 6.18 Å². The molecule has 0 saturated heterocycles. The summed E-state index contributed by atoms with van der Waals surface area (Å²) in [6, 6.07) is 5.50. The minimum atomic E-state index is -4.38. The zero-order chi connectivity index (χ0) is 14.0. The van der Waals surface area contributed by atoms with Gasteiger partial charge in [-0.1, -0.05) is 12.1 Å². The normalized spacial score (nSPS) is 13.9. The molecule has 1 N–H and O–H groups in total. The van der Waals surface area contributed by atoms with Crippen LogP contribution in [0.25, 0.3) is 10.1 Å². The average molecular weight is 355 g/mol. The van der Waals surface area contributed by atoms with E-state index in [4.69, 9.17) is 0 Å². The van der Waals surface area contributed by atoms with E-state index in [1.807, 2.05) is 18.2 Å². The number of benzene rings is 1. The van der Waals surface area contributed by atoms with Crippen LogP contribution in [0.2, 0.25) is 0 Å². The second kappa shape index (κ2) is 5.78. The van der Waals surface area contributed by atoms with Gasteiger partial charge in [0.25, 0.3) is 0 Å². The first-order chi connectivity index (χ1) is 8.88. The van der Waals surface area contributed by atoms with Gasteiger partial charge in [0.05, 0.1) is 6.61 Å². The highest BCUT2D eigenvalue weighted by molar-refractivity contribution is 9.10. The summed E-state index contributed by atoms with van der Waals surface area (Å²) >= 11 is 4.81. The molecule has 2 aromatic rings. The number of halogens is 4. The summed E-state index contributed by atoms with van der Waals surface area (Å²) in [5, 5.41) is 12.4.